The van der Waals surface area contributed by atoms with Crippen molar-refractivity contribution in [2.24, 2.45) is 0 Å². The van der Waals surface area contributed by atoms with Crippen LogP contribution in [0.4, 0.5) is 15.8 Å². The highest BCUT2D eigenvalue weighted by atomic mass is 19.1. The fraction of sp³-hybridized carbons (Fsp3) is 0.167. The van der Waals surface area contributed by atoms with Crippen LogP contribution in [0.5, 0.6) is 0 Å². The van der Waals surface area contributed by atoms with Gasteiger partial charge in [-0.25, -0.2) is 9.18 Å². The Balaban J connectivity index is 2.21. The number of hydrogen-bond acceptors (Lipinski definition) is 3. The van der Waals surface area contributed by atoms with Crippen molar-refractivity contribution in [1.29, 1.82) is 0 Å². The summed E-state index contributed by atoms with van der Waals surface area (Å²) in [4.78, 5) is 10.7. The lowest BCUT2D eigenvalue weighted by atomic mass is 10.2. The van der Waals surface area contributed by atoms with E-state index in [1.54, 1.807) is 17.1 Å². The maximum atomic E-state index is 13.6. The molecular formula is C12H12FN3O2. The minimum atomic E-state index is -1.15. The van der Waals surface area contributed by atoms with Crippen molar-refractivity contribution in [1.82, 2.24) is 9.78 Å². The van der Waals surface area contributed by atoms with Gasteiger partial charge in [-0.2, -0.15) is 5.10 Å². The van der Waals surface area contributed by atoms with Crippen LogP contribution in [-0.2, 0) is 6.54 Å². The third kappa shape index (κ3) is 2.48. The first-order chi connectivity index (χ1) is 8.60. The van der Waals surface area contributed by atoms with Gasteiger partial charge in [-0.3, -0.25) is 4.68 Å². The van der Waals surface area contributed by atoms with Gasteiger partial charge in [-0.05, 0) is 25.1 Å². The number of benzene rings is 1. The van der Waals surface area contributed by atoms with Gasteiger partial charge in [0.25, 0.3) is 0 Å². The van der Waals surface area contributed by atoms with Crippen molar-refractivity contribution in [3.63, 3.8) is 0 Å². The maximum absolute atomic E-state index is 13.6. The van der Waals surface area contributed by atoms with E-state index in [4.69, 9.17) is 5.11 Å². The van der Waals surface area contributed by atoms with Crippen LogP contribution in [0, 0.1) is 5.82 Å². The highest BCUT2D eigenvalue weighted by molar-refractivity contribution is 5.88. The minimum Gasteiger partial charge on any atom is -0.478 e. The molecule has 1 aromatic heterocycles. The van der Waals surface area contributed by atoms with Crippen molar-refractivity contribution in [3.8, 4) is 0 Å². The van der Waals surface area contributed by atoms with E-state index < -0.39 is 11.8 Å². The van der Waals surface area contributed by atoms with Gasteiger partial charge < -0.3 is 10.4 Å². The van der Waals surface area contributed by atoms with Crippen LogP contribution in [0.3, 0.4) is 0 Å². The standard InChI is InChI=1S/C12H12FN3O2/c1-2-16-7-9(6-14-16)15-11-4-3-8(12(17)18)5-10(11)13/h3-7,15H,2H2,1H3,(H,17,18). The van der Waals surface area contributed by atoms with Crippen molar-refractivity contribution in [2.45, 2.75) is 13.5 Å². The van der Waals surface area contributed by atoms with E-state index in [1.807, 2.05) is 6.92 Å². The van der Waals surface area contributed by atoms with E-state index in [1.165, 1.54) is 12.1 Å². The molecule has 0 atom stereocenters. The number of carbonyl (C=O) groups is 1. The molecular weight excluding hydrogens is 237 g/mol. The van der Waals surface area contributed by atoms with E-state index in [0.717, 1.165) is 12.6 Å². The van der Waals surface area contributed by atoms with Crippen molar-refractivity contribution in [2.75, 3.05) is 5.32 Å². The van der Waals surface area contributed by atoms with E-state index in [-0.39, 0.29) is 11.3 Å². The first kappa shape index (κ1) is 12.1. The van der Waals surface area contributed by atoms with Gasteiger partial charge in [0.2, 0.25) is 0 Å². The van der Waals surface area contributed by atoms with E-state index in [0.29, 0.717) is 5.69 Å². The summed E-state index contributed by atoms with van der Waals surface area (Å²) in [7, 11) is 0. The molecule has 0 unspecified atom stereocenters. The molecule has 0 amide bonds. The topological polar surface area (TPSA) is 67.2 Å². The monoisotopic (exact) mass is 249 g/mol. The Morgan fingerprint density at radius 1 is 1.56 bits per heavy atom. The molecule has 1 aromatic carbocycles. The molecule has 6 heteroatoms. The molecule has 94 valence electrons. The van der Waals surface area contributed by atoms with Gasteiger partial charge in [0.05, 0.1) is 23.1 Å². The largest absolute Gasteiger partial charge is 0.478 e. The second-order valence-electron chi connectivity index (χ2n) is 3.71. The van der Waals surface area contributed by atoms with Gasteiger partial charge in [-0.1, -0.05) is 0 Å². The number of aromatic carboxylic acids is 1. The third-order valence-electron chi connectivity index (χ3n) is 2.45. The second-order valence-corrected chi connectivity index (χ2v) is 3.71. The number of carboxylic acids is 1. The van der Waals surface area contributed by atoms with Gasteiger partial charge >= 0.3 is 5.97 Å². The molecule has 0 bridgehead atoms. The maximum Gasteiger partial charge on any atom is 0.335 e. The molecule has 2 aromatic rings. The normalized spacial score (nSPS) is 10.3. The highest BCUT2D eigenvalue weighted by Gasteiger charge is 2.09. The van der Waals surface area contributed by atoms with Crippen LogP contribution >= 0.6 is 0 Å². The number of nitrogens with zero attached hydrogens (tertiary/aromatic N) is 2. The Kier molecular flexibility index (Phi) is 3.27. The van der Waals surface area contributed by atoms with Crippen molar-refractivity contribution in [3.05, 3.63) is 42.0 Å². The second kappa shape index (κ2) is 4.87. The number of aromatic nitrogens is 2. The first-order valence-corrected chi connectivity index (χ1v) is 5.42. The zero-order valence-electron chi connectivity index (χ0n) is 9.72. The lowest BCUT2D eigenvalue weighted by molar-refractivity contribution is 0.0696. The van der Waals surface area contributed by atoms with Crippen molar-refractivity contribution >= 4 is 17.3 Å². The van der Waals surface area contributed by atoms with Gasteiger partial charge in [-0.15, -0.1) is 0 Å². The van der Waals surface area contributed by atoms with Gasteiger partial charge in [0, 0.05) is 12.7 Å². The Hall–Kier alpha value is -2.37. The average molecular weight is 249 g/mol. The summed E-state index contributed by atoms with van der Waals surface area (Å²) in [5.41, 5.74) is 0.789. The summed E-state index contributed by atoms with van der Waals surface area (Å²) in [6.07, 6.45) is 3.32. The van der Waals surface area contributed by atoms with E-state index >= 15 is 0 Å². The zero-order valence-corrected chi connectivity index (χ0v) is 9.72. The van der Waals surface area contributed by atoms with Crippen LogP contribution in [-0.4, -0.2) is 20.9 Å². The summed E-state index contributed by atoms with van der Waals surface area (Å²) in [5.74, 6) is -1.77. The van der Waals surface area contributed by atoms with Crippen LogP contribution in [0.2, 0.25) is 0 Å². The summed E-state index contributed by atoms with van der Waals surface area (Å²) < 4.78 is 15.3. The summed E-state index contributed by atoms with van der Waals surface area (Å²) in [5, 5.41) is 15.6. The minimum absolute atomic E-state index is 0.0812. The number of nitrogens with one attached hydrogen (secondary N) is 1. The quantitative estimate of drug-likeness (QED) is 0.873. The first-order valence-electron chi connectivity index (χ1n) is 5.42. The molecule has 0 fully saturated rings. The molecule has 0 aliphatic rings. The molecule has 2 rings (SSSR count). The van der Waals surface area contributed by atoms with E-state index in [9.17, 15) is 9.18 Å². The van der Waals surface area contributed by atoms with Gasteiger partial charge in [0.1, 0.15) is 5.82 Å². The Labute approximate surface area is 103 Å². The predicted octanol–water partition coefficient (Wildman–Crippen LogP) is 2.48. The molecule has 18 heavy (non-hydrogen) atoms. The lowest BCUT2D eigenvalue weighted by Crippen LogP contribution is -1.99. The third-order valence-corrected chi connectivity index (χ3v) is 2.45. The molecule has 2 N–H and O–H groups in total. The predicted molar refractivity (Wildman–Crippen MR) is 64.5 cm³/mol. The molecule has 0 spiro atoms. The van der Waals surface area contributed by atoms with Crippen LogP contribution in [0.1, 0.15) is 17.3 Å². The molecule has 0 saturated carbocycles. The fourth-order valence-electron chi connectivity index (χ4n) is 1.51. The van der Waals surface area contributed by atoms with Crippen LogP contribution in [0.25, 0.3) is 0 Å². The van der Waals surface area contributed by atoms with Crippen LogP contribution < -0.4 is 5.32 Å². The number of carboxylic acid groups (broad SMARTS) is 1. The number of rotatable bonds is 4. The number of anilines is 2. The molecule has 0 aliphatic heterocycles. The summed E-state index contributed by atoms with van der Waals surface area (Å²) >= 11 is 0. The molecule has 0 aliphatic carbocycles. The number of halogens is 1. The summed E-state index contributed by atoms with van der Waals surface area (Å²) in [6, 6.07) is 3.72. The lowest BCUT2D eigenvalue weighted by Gasteiger charge is -2.05. The molecule has 1 heterocycles. The van der Waals surface area contributed by atoms with Crippen LogP contribution in [0.15, 0.2) is 30.6 Å². The van der Waals surface area contributed by atoms with Crippen molar-refractivity contribution < 1.29 is 14.3 Å². The molecule has 5 nitrogen and oxygen atoms in total. The smallest absolute Gasteiger partial charge is 0.335 e. The number of aryl methyl sites for hydroxylation is 1. The Morgan fingerprint density at radius 3 is 2.89 bits per heavy atom. The summed E-state index contributed by atoms with van der Waals surface area (Å²) in [6.45, 7) is 2.67. The SMILES string of the molecule is CCn1cc(Nc2ccc(C(=O)O)cc2F)cn1. The molecule has 0 saturated heterocycles. The number of hydrogen-bond donors (Lipinski definition) is 2. The fourth-order valence-corrected chi connectivity index (χ4v) is 1.51. The Bertz CT molecular complexity index is 580. The van der Waals surface area contributed by atoms with Gasteiger partial charge in [0.15, 0.2) is 0 Å². The highest BCUT2D eigenvalue weighted by Crippen LogP contribution is 2.20. The Morgan fingerprint density at radius 2 is 2.33 bits per heavy atom. The van der Waals surface area contributed by atoms with E-state index in [2.05, 4.69) is 10.4 Å². The average Bonchev–Trinajstić information content (AvgIpc) is 2.79. The zero-order chi connectivity index (χ0) is 13.1. The molecule has 0 radical (unpaired) electrons.